The van der Waals surface area contributed by atoms with E-state index in [1.54, 1.807) is 0 Å². The summed E-state index contributed by atoms with van der Waals surface area (Å²) in [5.74, 6) is 1.68. The van der Waals surface area contributed by atoms with Crippen LogP contribution < -0.4 is 0 Å². The lowest BCUT2D eigenvalue weighted by Gasteiger charge is -2.36. The first kappa shape index (κ1) is 17.3. The van der Waals surface area contributed by atoms with Gasteiger partial charge in [0.1, 0.15) is 0 Å². The van der Waals surface area contributed by atoms with Crippen molar-refractivity contribution in [1.82, 2.24) is 0 Å². The van der Waals surface area contributed by atoms with Crippen molar-refractivity contribution in [1.29, 1.82) is 0 Å². The second-order valence-electron chi connectivity index (χ2n) is 6.73. The summed E-state index contributed by atoms with van der Waals surface area (Å²) < 4.78 is 10.3. The molecule has 0 aliphatic heterocycles. The van der Waals surface area contributed by atoms with E-state index in [-0.39, 0.29) is 23.8 Å². The molecule has 0 amide bonds. The molecule has 0 bridgehead atoms. The highest BCUT2D eigenvalue weighted by molar-refractivity contribution is 5.72. The molecule has 22 heavy (non-hydrogen) atoms. The molecule has 0 heterocycles. The molecule has 2 saturated carbocycles. The molecule has 0 aromatic rings. The molecule has 4 heteroatoms. The third kappa shape index (κ3) is 4.47. The molecule has 0 aromatic carbocycles. The molecular formula is C18H30O4. The third-order valence-corrected chi connectivity index (χ3v) is 5.45. The number of hydrogen-bond donors (Lipinski definition) is 0. The number of carbonyl (C=O) groups is 2. The number of esters is 2. The topological polar surface area (TPSA) is 52.6 Å². The van der Waals surface area contributed by atoms with Crippen molar-refractivity contribution in [2.45, 2.75) is 65.2 Å². The van der Waals surface area contributed by atoms with Gasteiger partial charge in [-0.05, 0) is 77.0 Å². The van der Waals surface area contributed by atoms with Crippen molar-refractivity contribution < 1.29 is 19.1 Å². The first-order valence-electron chi connectivity index (χ1n) is 8.98. The van der Waals surface area contributed by atoms with Gasteiger partial charge in [-0.25, -0.2) is 0 Å². The van der Waals surface area contributed by atoms with E-state index in [0.717, 1.165) is 63.2 Å². The Hall–Kier alpha value is -1.06. The van der Waals surface area contributed by atoms with E-state index in [9.17, 15) is 9.59 Å². The SMILES string of the molecule is CCOC(=O)C1CCC(C2CCC(C(=O)OCC)CC2)CC1. The smallest absolute Gasteiger partial charge is 0.308 e. The molecule has 0 N–H and O–H groups in total. The number of ether oxygens (including phenoxy) is 2. The Morgan fingerprint density at radius 3 is 1.27 bits per heavy atom. The van der Waals surface area contributed by atoms with Crippen LogP contribution in [0.15, 0.2) is 0 Å². The van der Waals surface area contributed by atoms with E-state index in [0.29, 0.717) is 13.2 Å². The fourth-order valence-corrected chi connectivity index (χ4v) is 4.17. The molecule has 0 unspecified atom stereocenters. The molecule has 2 aliphatic carbocycles. The average molecular weight is 310 g/mol. The Kier molecular flexibility index (Phi) is 6.71. The summed E-state index contributed by atoms with van der Waals surface area (Å²) in [7, 11) is 0. The van der Waals surface area contributed by atoms with Crippen molar-refractivity contribution in [2.24, 2.45) is 23.7 Å². The fraction of sp³-hybridized carbons (Fsp3) is 0.889. The minimum absolute atomic E-state index is 0.00744. The van der Waals surface area contributed by atoms with Crippen LogP contribution in [0, 0.1) is 23.7 Å². The van der Waals surface area contributed by atoms with Crippen molar-refractivity contribution in [2.75, 3.05) is 13.2 Å². The Morgan fingerprint density at radius 1 is 0.682 bits per heavy atom. The van der Waals surface area contributed by atoms with Crippen LogP contribution in [0.5, 0.6) is 0 Å². The van der Waals surface area contributed by atoms with Gasteiger partial charge in [-0.2, -0.15) is 0 Å². The highest BCUT2D eigenvalue weighted by atomic mass is 16.5. The predicted octanol–water partition coefficient (Wildman–Crippen LogP) is 3.73. The maximum Gasteiger partial charge on any atom is 0.308 e. The lowest BCUT2D eigenvalue weighted by molar-refractivity contribution is -0.151. The summed E-state index contributed by atoms with van der Waals surface area (Å²) in [6.45, 7) is 4.70. The van der Waals surface area contributed by atoms with Gasteiger partial charge < -0.3 is 9.47 Å². The van der Waals surface area contributed by atoms with Gasteiger partial charge in [0.05, 0.1) is 25.0 Å². The summed E-state index contributed by atoms with van der Waals surface area (Å²) in [6, 6.07) is 0. The van der Waals surface area contributed by atoms with Crippen molar-refractivity contribution >= 4 is 11.9 Å². The monoisotopic (exact) mass is 310 g/mol. The van der Waals surface area contributed by atoms with Crippen LogP contribution in [0.4, 0.5) is 0 Å². The number of hydrogen-bond acceptors (Lipinski definition) is 4. The normalized spacial score (nSPS) is 32.3. The Morgan fingerprint density at radius 2 is 1.00 bits per heavy atom. The van der Waals surface area contributed by atoms with E-state index in [1.807, 2.05) is 13.8 Å². The molecule has 0 spiro atoms. The quantitative estimate of drug-likeness (QED) is 0.726. The molecule has 126 valence electrons. The minimum Gasteiger partial charge on any atom is -0.466 e. The molecule has 0 atom stereocenters. The van der Waals surface area contributed by atoms with Crippen LogP contribution in [0.3, 0.4) is 0 Å². The van der Waals surface area contributed by atoms with E-state index in [4.69, 9.17) is 9.47 Å². The van der Waals surface area contributed by atoms with Gasteiger partial charge in [0, 0.05) is 0 Å². The fourth-order valence-electron chi connectivity index (χ4n) is 4.17. The van der Waals surface area contributed by atoms with Crippen molar-refractivity contribution in [3.05, 3.63) is 0 Å². The van der Waals surface area contributed by atoms with Gasteiger partial charge in [-0.15, -0.1) is 0 Å². The first-order chi connectivity index (χ1) is 10.7. The highest BCUT2D eigenvalue weighted by Gasteiger charge is 2.35. The average Bonchev–Trinajstić information content (AvgIpc) is 2.55. The molecule has 0 aromatic heterocycles. The van der Waals surface area contributed by atoms with Crippen LogP contribution in [0.1, 0.15) is 65.2 Å². The number of rotatable bonds is 5. The van der Waals surface area contributed by atoms with Gasteiger partial charge in [0.2, 0.25) is 0 Å². The summed E-state index contributed by atoms with van der Waals surface area (Å²) >= 11 is 0. The van der Waals surface area contributed by atoms with Crippen LogP contribution in [-0.4, -0.2) is 25.2 Å². The third-order valence-electron chi connectivity index (χ3n) is 5.45. The number of carbonyl (C=O) groups excluding carboxylic acids is 2. The van der Waals surface area contributed by atoms with E-state index in [2.05, 4.69) is 0 Å². The first-order valence-corrected chi connectivity index (χ1v) is 8.98. The Balaban J connectivity index is 1.72. The Bertz CT molecular complexity index is 327. The molecule has 4 nitrogen and oxygen atoms in total. The molecular weight excluding hydrogens is 280 g/mol. The van der Waals surface area contributed by atoms with Crippen molar-refractivity contribution in [3.63, 3.8) is 0 Å². The lowest BCUT2D eigenvalue weighted by atomic mass is 9.69. The molecule has 2 rings (SSSR count). The van der Waals surface area contributed by atoms with Gasteiger partial charge in [0.15, 0.2) is 0 Å². The molecule has 0 radical (unpaired) electrons. The zero-order valence-electron chi connectivity index (χ0n) is 14.0. The molecule has 2 aliphatic rings. The largest absolute Gasteiger partial charge is 0.466 e. The second kappa shape index (κ2) is 8.54. The van der Waals surface area contributed by atoms with Gasteiger partial charge >= 0.3 is 11.9 Å². The van der Waals surface area contributed by atoms with Crippen LogP contribution >= 0.6 is 0 Å². The summed E-state index contributed by atoms with van der Waals surface area (Å²) in [4.78, 5) is 23.6. The predicted molar refractivity (Wildman–Crippen MR) is 84.2 cm³/mol. The molecule has 2 fully saturated rings. The standard InChI is InChI=1S/C18H30O4/c1-3-21-17(19)15-9-5-13(6-10-15)14-7-11-16(12-8-14)18(20)22-4-2/h13-16H,3-12H2,1-2H3. The second-order valence-corrected chi connectivity index (χ2v) is 6.73. The van der Waals surface area contributed by atoms with Gasteiger partial charge in [0.25, 0.3) is 0 Å². The van der Waals surface area contributed by atoms with Crippen LogP contribution in [0.25, 0.3) is 0 Å². The summed E-state index contributed by atoms with van der Waals surface area (Å²) in [5.41, 5.74) is 0. The minimum atomic E-state index is -0.00744. The summed E-state index contributed by atoms with van der Waals surface area (Å²) in [5, 5.41) is 0. The Labute approximate surface area is 133 Å². The zero-order chi connectivity index (χ0) is 15.9. The van der Waals surface area contributed by atoms with E-state index in [1.165, 1.54) is 0 Å². The van der Waals surface area contributed by atoms with Crippen LogP contribution in [-0.2, 0) is 19.1 Å². The van der Waals surface area contributed by atoms with Gasteiger partial charge in [-0.3, -0.25) is 9.59 Å². The highest BCUT2D eigenvalue weighted by Crippen LogP contribution is 2.41. The van der Waals surface area contributed by atoms with Crippen LogP contribution in [0.2, 0.25) is 0 Å². The van der Waals surface area contributed by atoms with Gasteiger partial charge in [-0.1, -0.05) is 0 Å². The van der Waals surface area contributed by atoms with E-state index >= 15 is 0 Å². The lowest BCUT2D eigenvalue weighted by Crippen LogP contribution is -2.31. The molecule has 0 saturated heterocycles. The van der Waals surface area contributed by atoms with E-state index < -0.39 is 0 Å². The maximum absolute atomic E-state index is 11.8. The summed E-state index contributed by atoms with van der Waals surface area (Å²) in [6.07, 6.45) is 8.44. The zero-order valence-corrected chi connectivity index (χ0v) is 14.0. The van der Waals surface area contributed by atoms with Crippen molar-refractivity contribution in [3.8, 4) is 0 Å². The maximum atomic E-state index is 11.8.